The van der Waals surface area contributed by atoms with Crippen LogP contribution in [0.25, 0.3) is 0 Å². The largest absolute Gasteiger partial charge is 0.348 e. The van der Waals surface area contributed by atoms with Crippen molar-refractivity contribution >= 4 is 16.5 Å². The van der Waals surface area contributed by atoms with Gasteiger partial charge in [-0.25, -0.2) is 4.98 Å². The molecule has 2 aromatic rings. The summed E-state index contributed by atoms with van der Waals surface area (Å²) in [5, 5.41) is 1.23. The van der Waals surface area contributed by atoms with Crippen LogP contribution < -0.4 is 4.90 Å². The number of nitrogens with zero attached hydrogens (tertiary/aromatic N) is 5. The molecule has 1 atom stereocenters. The quantitative estimate of drug-likeness (QED) is 0.727. The molecule has 0 bridgehead atoms. The molecular weight excluding hydrogens is 354 g/mol. The van der Waals surface area contributed by atoms with Crippen LogP contribution in [0.3, 0.4) is 0 Å². The highest BCUT2D eigenvalue weighted by molar-refractivity contribution is 7.15. The van der Waals surface area contributed by atoms with Crippen molar-refractivity contribution in [3.8, 4) is 0 Å². The Bertz CT molecular complexity index is 698. The predicted octanol–water partition coefficient (Wildman–Crippen LogP) is 3.62. The van der Waals surface area contributed by atoms with E-state index in [-0.39, 0.29) is 0 Å². The standard InChI is InChI=1S/C21H31N5S/c1-2-25(15-18-7-9-22-10-8-18)19-6-5-11-24(16-19)17-20-14-23-21(27-20)26-12-3-4-13-26/h7-10,14,19H,2-6,11-13,15-17H2,1H3/t19-/m0/s1. The van der Waals surface area contributed by atoms with E-state index in [0.29, 0.717) is 6.04 Å². The van der Waals surface area contributed by atoms with E-state index in [4.69, 9.17) is 4.98 Å². The predicted molar refractivity (Wildman–Crippen MR) is 112 cm³/mol. The molecule has 0 aliphatic carbocycles. The smallest absolute Gasteiger partial charge is 0.185 e. The zero-order valence-corrected chi connectivity index (χ0v) is 17.2. The number of likely N-dealkylation sites (N-methyl/N-ethyl adjacent to an activating group) is 1. The van der Waals surface area contributed by atoms with Gasteiger partial charge >= 0.3 is 0 Å². The molecule has 4 heterocycles. The molecule has 27 heavy (non-hydrogen) atoms. The third kappa shape index (κ3) is 4.86. The second-order valence-corrected chi connectivity index (χ2v) is 8.85. The zero-order chi connectivity index (χ0) is 18.5. The molecular formula is C21H31N5S. The van der Waals surface area contributed by atoms with Crippen LogP contribution in [0.1, 0.15) is 43.0 Å². The van der Waals surface area contributed by atoms with Crippen LogP contribution in [-0.2, 0) is 13.1 Å². The molecule has 2 fully saturated rings. The Balaban J connectivity index is 1.34. The van der Waals surface area contributed by atoms with E-state index >= 15 is 0 Å². The van der Waals surface area contributed by atoms with E-state index in [9.17, 15) is 0 Å². The minimum absolute atomic E-state index is 0.642. The van der Waals surface area contributed by atoms with Crippen molar-refractivity contribution in [2.75, 3.05) is 37.6 Å². The first-order chi connectivity index (χ1) is 13.3. The van der Waals surface area contributed by atoms with Crippen LogP contribution in [0.15, 0.2) is 30.7 Å². The lowest BCUT2D eigenvalue weighted by Crippen LogP contribution is -2.47. The Hall–Kier alpha value is -1.50. The summed E-state index contributed by atoms with van der Waals surface area (Å²) in [5.74, 6) is 0. The van der Waals surface area contributed by atoms with Gasteiger partial charge in [0.05, 0.1) is 0 Å². The van der Waals surface area contributed by atoms with E-state index in [1.807, 2.05) is 23.7 Å². The molecule has 146 valence electrons. The van der Waals surface area contributed by atoms with Crippen molar-refractivity contribution in [2.24, 2.45) is 0 Å². The van der Waals surface area contributed by atoms with Crippen LogP contribution in [0, 0.1) is 0 Å². The van der Waals surface area contributed by atoms with Crippen molar-refractivity contribution in [1.29, 1.82) is 0 Å². The van der Waals surface area contributed by atoms with Crippen molar-refractivity contribution in [2.45, 2.75) is 51.7 Å². The molecule has 0 N–H and O–H groups in total. The molecule has 0 saturated carbocycles. The van der Waals surface area contributed by atoms with Crippen molar-refractivity contribution in [3.63, 3.8) is 0 Å². The highest BCUT2D eigenvalue weighted by Crippen LogP contribution is 2.28. The summed E-state index contributed by atoms with van der Waals surface area (Å²) in [5.41, 5.74) is 1.36. The maximum atomic E-state index is 4.69. The van der Waals surface area contributed by atoms with E-state index in [1.165, 1.54) is 60.9 Å². The van der Waals surface area contributed by atoms with Crippen molar-refractivity contribution < 1.29 is 0 Å². The van der Waals surface area contributed by atoms with Gasteiger partial charge in [-0.15, -0.1) is 11.3 Å². The number of hydrogen-bond acceptors (Lipinski definition) is 6. The van der Waals surface area contributed by atoms with E-state index < -0.39 is 0 Å². The topological polar surface area (TPSA) is 35.5 Å². The third-order valence-electron chi connectivity index (χ3n) is 5.84. The summed E-state index contributed by atoms with van der Waals surface area (Å²) >= 11 is 1.89. The molecule has 0 radical (unpaired) electrons. The van der Waals surface area contributed by atoms with E-state index in [2.05, 4.69) is 44.9 Å². The number of pyridine rings is 1. The normalized spacial score (nSPS) is 21.3. The number of anilines is 1. The summed E-state index contributed by atoms with van der Waals surface area (Å²) in [6.07, 6.45) is 11.1. The Morgan fingerprint density at radius 3 is 2.74 bits per heavy atom. The number of hydrogen-bond donors (Lipinski definition) is 0. The number of thiazole rings is 1. The Morgan fingerprint density at radius 1 is 1.15 bits per heavy atom. The summed E-state index contributed by atoms with van der Waals surface area (Å²) in [7, 11) is 0. The lowest BCUT2D eigenvalue weighted by molar-refractivity contribution is 0.0923. The van der Waals surface area contributed by atoms with Crippen LogP contribution in [0.4, 0.5) is 5.13 Å². The van der Waals surface area contributed by atoms with Gasteiger partial charge in [-0.1, -0.05) is 6.92 Å². The fourth-order valence-corrected chi connectivity index (χ4v) is 5.34. The van der Waals surface area contributed by atoms with E-state index in [0.717, 1.165) is 26.2 Å². The molecule has 0 unspecified atom stereocenters. The van der Waals surface area contributed by atoms with E-state index in [1.54, 1.807) is 0 Å². The van der Waals surface area contributed by atoms with Crippen molar-refractivity contribution in [1.82, 2.24) is 19.8 Å². The van der Waals surface area contributed by atoms with Crippen LogP contribution in [-0.4, -0.2) is 58.5 Å². The molecule has 0 amide bonds. The second-order valence-electron chi connectivity index (χ2n) is 7.75. The molecule has 2 aliphatic rings. The fourth-order valence-electron chi connectivity index (χ4n) is 4.34. The lowest BCUT2D eigenvalue weighted by Gasteiger charge is -2.39. The molecule has 2 aromatic heterocycles. The Kier molecular flexibility index (Phi) is 6.37. The monoisotopic (exact) mass is 385 g/mol. The molecule has 2 saturated heterocycles. The molecule has 4 rings (SSSR count). The molecule has 6 heteroatoms. The highest BCUT2D eigenvalue weighted by Gasteiger charge is 2.25. The van der Waals surface area contributed by atoms with Gasteiger partial charge < -0.3 is 4.90 Å². The van der Waals surface area contributed by atoms with Crippen LogP contribution in [0.5, 0.6) is 0 Å². The Labute approximate surface area is 167 Å². The van der Waals surface area contributed by atoms with Crippen molar-refractivity contribution in [3.05, 3.63) is 41.2 Å². The summed E-state index contributed by atoms with van der Waals surface area (Å²) in [4.78, 5) is 18.0. The maximum absolute atomic E-state index is 4.69. The molecule has 0 aromatic carbocycles. The highest BCUT2D eigenvalue weighted by atomic mass is 32.1. The first-order valence-electron chi connectivity index (χ1n) is 10.4. The molecule has 0 spiro atoms. The van der Waals surface area contributed by atoms with Gasteiger partial charge in [0, 0.05) is 62.2 Å². The molecule has 2 aliphatic heterocycles. The van der Waals surface area contributed by atoms with Gasteiger partial charge in [0.25, 0.3) is 0 Å². The van der Waals surface area contributed by atoms with Gasteiger partial charge in [-0.3, -0.25) is 14.8 Å². The summed E-state index contributed by atoms with van der Waals surface area (Å²) < 4.78 is 0. The number of rotatable bonds is 7. The Morgan fingerprint density at radius 2 is 1.96 bits per heavy atom. The SMILES string of the molecule is CCN(Cc1ccncc1)[C@H]1CCCN(Cc2cnc(N3CCCC3)s2)C1. The minimum Gasteiger partial charge on any atom is -0.348 e. The molecule has 5 nitrogen and oxygen atoms in total. The van der Waals surface area contributed by atoms with Gasteiger partial charge in [-0.2, -0.15) is 0 Å². The zero-order valence-electron chi connectivity index (χ0n) is 16.4. The third-order valence-corrected chi connectivity index (χ3v) is 6.88. The average Bonchev–Trinajstić information content (AvgIpc) is 3.39. The first-order valence-corrected chi connectivity index (χ1v) is 11.2. The van der Waals surface area contributed by atoms with Gasteiger partial charge in [0.2, 0.25) is 0 Å². The minimum atomic E-state index is 0.642. The number of piperidine rings is 1. The summed E-state index contributed by atoms with van der Waals surface area (Å²) in [6.45, 7) is 10.2. The van der Waals surface area contributed by atoms with Crippen LogP contribution in [0.2, 0.25) is 0 Å². The summed E-state index contributed by atoms with van der Waals surface area (Å²) in [6, 6.07) is 4.92. The van der Waals surface area contributed by atoms with Gasteiger partial charge in [0.15, 0.2) is 5.13 Å². The van der Waals surface area contributed by atoms with Gasteiger partial charge in [-0.05, 0) is 56.5 Å². The number of aromatic nitrogens is 2. The second kappa shape index (κ2) is 9.13. The fraction of sp³-hybridized carbons (Fsp3) is 0.619. The lowest BCUT2D eigenvalue weighted by atomic mass is 10.0. The number of likely N-dealkylation sites (tertiary alicyclic amines) is 1. The first kappa shape index (κ1) is 18.8. The van der Waals surface area contributed by atoms with Gasteiger partial charge in [0.1, 0.15) is 0 Å². The average molecular weight is 386 g/mol. The maximum Gasteiger partial charge on any atom is 0.185 e. The van der Waals surface area contributed by atoms with Crippen LogP contribution >= 0.6 is 11.3 Å².